The predicted octanol–water partition coefficient (Wildman–Crippen LogP) is 2.69. The van der Waals surface area contributed by atoms with Crippen molar-refractivity contribution in [2.24, 2.45) is 0 Å². The molecule has 75 heavy (non-hydrogen) atoms. The highest BCUT2D eigenvalue weighted by atomic mass is 31.2. The second-order valence-electron chi connectivity index (χ2n) is 18.1. The van der Waals surface area contributed by atoms with Crippen LogP contribution in [0.15, 0.2) is 24.3 Å². The summed E-state index contributed by atoms with van der Waals surface area (Å²) in [7, 11) is -9.60. The highest BCUT2D eigenvalue weighted by Crippen LogP contribution is 2.43. The standard InChI is InChI=1S/C47H84N4O22P2/c1-9-11-13-15-17-41(56)70-35(5)27-39(54)50-37(29-64-23-19-33(3)52)31-68-74(60,61)66-25-21-48-45(58)43-44(73-47(7,8)72-43)46(59)49-22-26-67-75(62,63)69-32-38(30-65-24-20-34(4)53)51-40(55)28-36(6)71-42(57)18-16-14-12-10-2/h9-12,33-38,43-44,52-53H,13-32H2,1-8H3,(H,48,58)(H,49,59)(H,50,54)(H,51,55)(H,60,61)(H,62,63)/b11-9-,12-10-/t33-,34-,35-,36-,37?,38?,43?,44?/m1/s1. The van der Waals surface area contributed by atoms with Gasteiger partial charge in [-0.25, -0.2) is 9.13 Å². The number of phosphoric ester groups is 2. The van der Waals surface area contributed by atoms with E-state index in [-0.39, 0.29) is 78.0 Å². The maximum absolute atomic E-state index is 13.2. The molecule has 1 saturated heterocycles. The van der Waals surface area contributed by atoms with E-state index in [4.69, 9.17) is 46.5 Å². The van der Waals surface area contributed by atoms with Crippen molar-refractivity contribution in [3.8, 4) is 0 Å². The van der Waals surface area contributed by atoms with Crippen molar-refractivity contribution in [1.82, 2.24) is 21.3 Å². The Balaban J connectivity index is 2.71. The van der Waals surface area contributed by atoms with Crippen LogP contribution in [0.1, 0.15) is 120 Å². The molecule has 434 valence electrons. The molecule has 0 saturated carbocycles. The predicted molar refractivity (Wildman–Crippen MR) is 269 cm³/mol. The fourth-order valence-electron chi connectivity index (χ4n) is 6.49. The summed E-state index contributed by atoms with van der Waals surface area (Å²) in [5.74, 6) is -5.21. The van der Waals surface area contributed by atoms with Gasteiger partial charge in [0.1, 0.15) is 12.2 Å². The number of carbonyl (C=O) groups excluding carboxylic acids is 6. The zero-order chi connectivity index (χ0) is 56.5. The van der Waals surface area contributed by atoms with Crippen molar-refractivity contribution in [2.75, 3.05) is 65.9 Å². The number of amides is 4. The summed E-state index contributed by atoms with van der Waals surface area (Å²) in [4.78, 5) is 97.0. The van der Waals surface area contributed by atoms with Gasteiger partial charge in [-0.05, 0) is 93.9 Å². The Morgan fingerprint density at radius 3 is 1.32 bits per heavy atom. The van der Waals surface area contributed by atoms with Gasteiger partial charge in [0, 0.05) is 39.1 Å². The van der Waals surface area contributed by atoms with E-state index in [0.29, 0.717) is 25.7 Å². The molecule has 0 aliphatic carbocycles. The van der Waals surface area contributed by atoms with Crippen LogP contribution in [0.25, 0.3) is 0 Å². The lowest BCUT2D eigenvalue weighted by atomic mass is 10.2. The van der Waals surface area contributed by atoms with Gasteiger partial charge in [-0.15, -0.1) is 0 Å². The molecule has 1 rings (SSSR count). The summed E-state index contributed by atoms with van der Waals surface area (Å²) in [5.41, 5.74) is 0. The molecule has 4 amide bonds. The molecule has 1 heterocycles. The minimum Gasteiger partial charge on any atom is -0.462 e. The zero-order valence-electron chi connectivity index (χ0n) is 44.6. The number of esters is 2. The Morgan fingerprint density at radius 1 is 0.600 bits per heavy atom. The Kier molecular flexibility index (Phi) is 35.1. The Hall–Kier alpha value is -3.72. The smallest absolute Gasteiger partial charge is 0.462 e. The van der Waals surface area contributed by atoms with E-state index in [1.807, 2.05) is 38.2 Å². The minimum atomic E-state index is -4.80. The Labute approximate surface area is 440 Å². The van der Waals surface area contributed by atoms with Crippen LogP contribution in [-0.4, -0.2) is 176 Å². The maximum Gasteiger partial charge on any atom is 0.472 e. The Bertz CT molecular complexity index is 1740. The third kappa shape index (κ3) is 35.3. The molecule has 0 aromatic carbocycles. The summed E-state index contributed by atoms with van der Waals surface area (Å²) in [5, 5.41) is 29.2. The number of hydrogen-bond donors (Lipinski definition) is 8. The van der Waals surface area contributed by atoms with Crippen molar-refractivity contribution < 1.29 is 104 Å². The van der Waals surface area contributed by atoms with E-state index in [0.717, 1.165) is 0 Å². The van der Waals surface area contributed by atoms with E-state index >= 15 is 0 Å². The van der Waals surface area contributed by atoms with Crippen LogP contribution in [0.3, 0.4) is 0 Å². The molecule has 0 aromatic heterocycles. The minimum absolute atomic E-state index is 0.100. The molecule has 0 spiro atoms. The average molecular weight is 1120 g/mol. The summed E-state index contributed by atoms with van der Waals surface area (Å²) in [6.45, 7) is 9.69. The van der Waals surface area contributed by atoms with Crippen LogP contribution in [0.2, 0.25) is 0 Å². The molecule has 1 fully saturated rings. The largest absolute Gasteiger partial charge is 0.472 e. The normalized spacial score (nSPS) is 19.5. The number of phosphoric acid groups is 2. The number of allylic oxidation sites excluding steroid dienone is 4. The summed E-state index contributed by atoms with van der Waals surface area (Å²) in [6, 6.07) is -1.95. The van der Waals surface area contributed by atoms with Crippen molar-refractivity contribution in [1.29, 1.82) is 0 Å². The second kappa shape index (κ2) is 37.9. The quantitative estimate of drug-likeness (QED) is 0.0188. The summed E-state index contributed by atoms with van der Waals surface area (Å²) >= 11 is 0. The fraction of sp³-hybridized carbons (Fsp3) is 0.787. The van der Waals surface area contributed by atoms with Crippen molar-refractivity contribution in [3.63, 3.8) is 0 Å². The van der Waals surface area contributed by atoms with Crippen molar-refractivity contribution in [2.45, 2.75) is 174 Å². The summed E-state index contributed by atoms with van der Waals surface area (Å²) < 4.78 is 78.7. The molecule has 8 N–H and O–H groups in total. The fourth-order valence-corrected chi connectivity index (χ4v) is 8.02. The SMILES string of the molecule is C/C=C\CCCC(=O)O[C@H](C)CC(=O)NC(COCC[C@@H](C)O)COP(=O)(O)OCCNC(=O)C1OC(C)(C)OC1C(=O)NCCOP(=O)(O)OCC(COCC[C@@H](C)O)NC(=O)C[C@@H](C)OC(=O)CCC/C=C\C. The van der Waals surface area contributed by atoms with E-state index in [1.54, 1.807) is 27.7 Å². The molecule has 6 unspecified atom stereocenters. The summed E-state index contributed by atoms with van der Waals surface area (Å²) in [6.07, 6.45) is 4.70. The average Bonchev–Trinajstić information content (AvgIpc) is 3.65. The number of hydrogen-bond acceptors (Lipinski definition) is 20. The first-order chi connectivity index (χ1) is 35.3. The molecule has 1 aliphatic heterocycles. The molecular weight excluding hydrogens is 1030 g/mol. The second-order valence-corrected chi connectivity index (χ2v) is 21.0. The Morgan fingerprint density at radius 2 is 0.973 bits per heavy atom. The monoisotopic (exact) mass is 1120 g/mol. The van der Waals surface area contributed by atoms with E-state index < -0.39 is 132 Å². The van der Waals surface area contributed by atoms with Gasteiger partial charge in [-0.3, -0.25) is 46.9 Å². The van der Waals surface area contributed by atoms with Gasteiger partial charge in [0.25, 0.3) is 11.8 Å². The van der Waals surface area contributed by atoms with Crippen molar-refractivity contribution in [3.05, 3.63) is 24.3 Å². The van der Waals surface area contributed by atoms with E-state index in [2.05, 4.69) is 21.3 Å². The number of ether oxygens (including phenoxy) is 6. The topological polar surface area (TPSA) is 358 Å². The molecule has 0 aromatic rings. The number of nitrogens with one attached hydrogen (secondary N) is 4. The highest BCUT2D eigenvalue weighted by Gasteiger charge is 2.49. The molecule has 0 bridgehead atoms. The van der Waals surface area contributed by atoms with Crippen LogP contribution in [0.5, 0.6) is 0 Å². The van der Waals surface area contributed by atoms with Gasteiger partial charge in [-0.2, -0.15) is 0 Å². The first-order valence-electron chi connectivity index (χ1n) is 25.1. The third-order valence-corrected chi connectivity index (χ3v) is 12.1. The number of rotatable bonds is 42. The van der Waals surface area contributed by atoms with Crippen LogP contribution in [0, 0.1) is 0 Å². The van der Waals surface area contributed by atoms with Crippen molar-refractivity contribution >= 4 is 51.2 Å². The van der Waals surface area contributed by atoms with E-state index in [1.165, 1.54) is 13.8 Å². The van der Waals surface area contributed by atoms with Gasteiger partial charge in [0.2, 0.25) is 11.8 Å². The first-order valence-corrected chi connectivity index (χ1v) is 28.1. The molecule has 0 radical (unpaired) electrons. The lowest BCUT2D eigenvalue weighted by Gasteiger charge is -2.22. The highest BCUT2D eigenvalue weighted by molar-refractivity contribution is 7.47. The number of aliphatic hydroxyl groups excluding tert-OH is 2. The van der Waals surface area contributed by atoms with E-state index in [9.17, 15) is 57.9 Å². The lowest BCUT2D eigenvalue weighted by Crippen LogP contribution is -2.48. The molecule has 28 heteroatoms. The van der Waals surface area contributed by atoms with Gasteiger partial charge in [0.05, 0.1) is 76.8 Å². The third-order valence-electron chi connectivity index (χ3n) is 10.1. The van der Waals surface area contributed by atoms with Crippen LogP contribution in [0.4, 0.5) is 0 Å². The lowest BCUT2D eigenvalue weighted by molar-refractivity contribution is -0.159. The molecule has 1 aliphatic rings. The maximum atomic E-state index is 13.2. The number of aliphatic hydroxyl groups is 2. The van der Waals surface area contributed by atoms with Gasteiger partial charge in [0.15, 0.2) is 18.0 Å². The number of unbranched alkanes of at least 4 members (excludes halogenated alkanes) is 2. The van der Waals surface area contributed by atoms with Crippen LogP contribution < -0.4 is 21.3 Å². The van der Waals surface area contributed by atoms with Crippen LogP contribution >= 0.6 is 15.6 Å². The zero-order valence-corrected chi connectivity index (χ0v) is 46.4. The number of carbonyl (C=O) groups is 6. The molecule has 26 nitrogen and oxygen atoms in total. The molecule has 10 atom stereocenters. The van der Waals surface area contributed by atoms with Gasteiger partial charge in [-0.1, -0.05) is 24.3 Å². The van der Waals surface area contributed by atoms with Gasteiger partial charge >= 0.3 is 27.6 Å². The van der Waals surface area contributed by atoms with Crippen LogP contribution in [-0.2, 0) is 84.4 Å². The first kappa shape index (κ1) is 69.3. The molecular formula is C47H84N4O22P2. The van der Waals surface area contributed by atoms with Gasteiger partial charge < -0.3 is 69.7 Å².